The van der Waals surface area contributed by atoms with E-state index in [1.165, 1.54) is 12.0 Å². The molecule has 98 valence electrons. The van der Waals surface area contributed by atoms with Crippen molar-refractivity contribution in [3.8, 4) is 0 Å². The Labute approximate surface area is 123 Å². The Morgan fingerprint density at radius 1 is 1.39 bits per heavy atom. The highest BCUT2D eigenvalue weighted by atomic mass is 127. The van der Waals surface area contributed by atoms with Crippen LogP contribution in [0.4, 0.5) is 0 Å². The Morgan fingerprint density at radius 3 is 2.67 bits per heavy atom. The van der Waals surface area contributed by atoms with Crippen molar-refractivity contribution in [3.05, 3.63) is 32.9 Å². The van der Waals surface area contributed by atoms with Crippen molar-refractivity contribution < 1.29 is 4.79 Å². The lowest BCUT2D eigenvalue weighted by molar-refractivity contribution is 0.0687. The second-order valence-electron chi connectivity index (χ2n) is 5.08. The number of carbonyl (C=O) groups excluding carboxylic acids is 1. The highest BCUT2D eigenvalue weighted by Crippen LogP contribution is 2.23. The van der Waals surface area contributed by atoms with Crippen LogP contribution in [0, 0.1) is 16.4 Å². The molecule has 1 heterocycles. The van der Waals surface area contributed by atoms with Crippen molar-refractivity contribution in [2.75, 3.05) is 13.1 Å². The molecule has 1 fully saturated rings. The smallest absolute Gasteiger partial charge is 0.254 e. The van der Waals surface area contributed by atoms with Crippen LogP contribution in [0.15, 0.2) is 18.2 Å². The van der Waals surface area contributed by atoms with E-state index in [1.54, 1.807) is 0 Å². The molecule has 1 aliphatic rings. The zero-order valence-electron chi connectivity index (χ0n) is 11.1. The molecule has 0 unspecified atom stereocenters. The fourth-order valence-electron chi connectivity index (χ4n) is 2.53. The number of piperidine rings is 1. The number of hydrogen-bond acceptors (Lipinski definition) is 1. The number of likely N-dealkylation sites (tertiary alicyclic amines) is 1. The molecule has 1 aromatic carbocycles. The number of rotatable bonds is 2. The van der Waals surface area contributed by atoms with Gasteiger partial charge in [0, 0.05) is 16.7 Å². The van der Waals surface area contributed by atoms with Gasteiger partial charge in [0.25, 0.3) is 5.91 Å². The van der Waals surface area contributed by atoms with Gasteiger partial charge in [-0.15, -0.1) is 0 Å². The first-order valence-corrected chi connectivity index (χ1v) is 7.75. The van der Waals surface area contributed by atoms with E-state index >= 15 is 0 Å². The van der Waals surface area contributed by atoms with E-state index in [0.717, 1.165) is 41.0 Å². The predicted octanol–water partition coefficient (Wildman–Crippen LogP) is 3.86. The van der Waals surface area contributed by atoms with Crippen LogP contribution in [0.3, 0.4) is 0 Å². The van der Waals surface area contributed by atoms with Gasteiger partial charge in [-0.25, -0.2) is 0 Å². The summed E-state index contributed by atoms with van der Waals surface area (Å²) in [4.78, 5) is 14.5. The van der Waals surface area contributed by atoms with Gasteiger partial charge >= 0.3 is 0 Å². The molecule has 0 aliphatic carbocycles. The number of aryl methyl sites for hydroxylation is 1. The lowest BCUT2D eigenvalue weighted by Gasteiger charge is -2.31. The fourth-order valence-corrected chi connectivity index (χ4v) is 3.12. The van der Waals surface area contributed by atoms with Crippen molar-refractivity contribution in [1.29, 1.82) is 0 Å². The van der Waals surface area contributed by atoms with Gasteiger partial charge in [0.2, 0.25) is 0 Å². The molecule has 1 amide bonds. The zero-order valence-corrected chi connectivity index (χ0v) is 13.2. The molecular formula is C15H20INO. The van der Waals surface area contributed by atoms with Crippen molar-refractivity contribution in [1.82, 2.24) is 4.90 Å². The highest BCUT2D eigenvalue weighted by Gasteiger charge is 2.24. The van der Waals surface area contributed by atoms with Gasteiger partial charge < -0.3 is 4.90 Å². The van der Waals surface area contributed by atoms with E-state index in [9.17, 15) is 4.79 Å². The standard InChI is InChI=1S/C15H20INO/c1-3-12-7-9-17(10-8-12)15(18)13-6-4-5-11(2)14(13)16/h4-6,12H,3,7-10H2,1-2H3. The molecule has 0 radical (unpaired) electrons. The highest BCUT2D eigenvalue weighted by molar-refractivity contribution is 14.1. The Bertz CT molecular complexity index is 436. The SMILES string of the molecule is CCC1CCN(C(=O)c2cccc(C)c2I)CC1. The lowest BCUT2D eigenvalue weighted by Crippen LogP contribution is -2.38. The van der Waals surface area contributed by atoms with Crippen LogP contribution >= 0.6 is 22.6 Å². The molecule has 1 saturated heterocycles. The maximum Gasteiger partial charge on any atom is 0.254 e. The van der Waals surface area contributed by atoms with E-state index in [0.29, 0.717) is 0 Å². The normalized spacial score (nSPS) is 16.9. The summed E-state index contributed by atoms with van der Waals surface area (Å²) in [5.41, 5.74) is 2.05. The van der Waals surface area contributed by atoms with Gasteiger partial charge in [-0.1, -0.05) is 25.5 Å². The van der Waals surface area contributed by atoms with Gasteiger partial charge in [-0.2, -0.15) is 0 Å². The van der Waals surface area contributed by atoms with Gasteiger partial charge in [0.1, 0.15) is 0 Å². The Balaban J connectivity index is 2.10. The molecule has 0 atom stereocenters. The van der Waals surface area contributed by atoms with E-state index in [4.69, 9.17) is 0 Å². The number of benzene rings is 1. The summed E-state index contributed by atoms with van der Waals surface area (Å²) in [5, 5.41) is 0. The first-order valence-electron chi connectivity index (χ1n) is 6.68. The van der Waals surface area contributed by atoms with Gasteiger partial charge in [-0.3, -0.25) is 4.79 Å². The number of carbonyl (C=O) groups is 1. The van der Waals surface area contributed by atoms with Crippen molar-refractivity contribution in [3.63, 3.8) is 0 Å². The second-order valence-corrected chi connectivity index (χ2v) is 6.16. The maximum absolute atomic E-state index is 12.5. The molecule has 1 aliphatic heterocycles. The third kappa shape index (κ3) is 2.87. The van der Waals surface area contributed by atoms with Crippen LogP contribution in [-0.2, 0) is 0 Å². The fraction of sp³-hybridized carbons (Fsp3) is 0.533. The summed E-state index contributed by atoms with van der Waals surface area (Å²) in [6.07, 6.45) is 3.55. The average molecular weight is 357 g/mol. The van der Waals surface area contributed by atoms with Crippen molar-refractivity contribution in [2.45, 2.75) is 33.1 Å². The largest absolute Gasteiger partial charge is 0.339 e. The quantitative estimate of drug-likeness (QED) is 0.736. The number of amides is 1. The molecule has 2 nitrogen and oxygen atoms in total. The molecule has 0 saturated carbocycles. The van der Waals surface area contributed by atoms with Crippen LogP contribution < -0.4 is 0 Å². The Hall–Kier alpha value is -0.580. The van der Waals surface area contributed by atoms with Crippen LogP contribution in [0.1, 0.15) is 42.1 Å². The van der Waals surface area contributed by atoms with E-state index < -0.39 is 0 Å². The average Bonchev–Trinajstić information content (AvgIpc) is 2.41. The molecule has 1 aromatic rings. The van der Waals surface area contributed by atoms with E-state index in [-0.39, 0.29) is 5.91 Å². The van der Waals surface area contributed by atoms with Crippen LogP contribution in [0.2, 0.25) is 0 Å². The Morgan fingerprint density at radius 2 is 2.06 bits per heavy atom. The first-order chi connectivity index (χ1) is 8.63. The molecule has 3 heteroatoms. The summed E-state index contributed by atoms with van der Waals surface area (Å²) < 4.78 is 1.10. The molecule has 0 N–H and O–H groups in total. The maximum atomic E-state index is 12.5. The van der Waals surface area contributed by atoms with Gasteiger partial charge in [0.15, 0.2) is 0 Å². The molecule has 0 aromatic heterocycles. The zero-order chi connectivity index (χ0) is 13.1. The number of hydrogen-bond donors (Lipinski definition) is 0. The summed E-state index contributed by atoms with van der Waals surface area (Å²) in [5.74, 6) is 1.02. The van der Waals surface area contributed by atoms with Crippen LogP contribution in [-0.4, -0.2) is 23.9 Å². The van der Waals surface area contributed by atoms with Crippen molar-refractivity contribution >= 4 is 28.5 Å². The molecule has 18 heavy (non-hydrogen) atoms. The third-order valence-electron chi connectivity index (χ3n) is 3.90. The summed E-state index contributed by atoms with van der Waals surface area (Å²) >= 11 is 2.28. The van der Waals surface area contributed by atoms with Gasteiger partial charge in [0.05, 0.1) is 5.56 Å². The van der Waals surface area contributed by atoms with Crippen LogP contribution in [0.25, 0.3) is 0 Å². The van der Waals surface area contributed by atoms with Crippen LogP contribution in [0.5, 0.6) is 0 Å². The van der Waals surface area contributed by atoms with Gasteiger partial charge in [-0.05, 0) is 59.9 Å². The minimum absolute atomic E-state index is 0.206. The van der Waals surface area contributed by atoms with Crippen molar-refractivity contribution in [2.24, 2.45) is 5.92 Å². The minimum atomic E-state index is 0.206. The summed E-state index contributed by atoms with van der Waals surface area (Å²) in [7, 11) is 0. The topological polar surface area (TPSA) is 20.3 Å². The molecule has 0 bridgehead atoms. The lowest BCUT2D eigenvalue weighted by atomic mass is 9.94. The summed E-state index contributed by atoms with van der Waals surface area (Å²) in [6.45, 7) is 6.14. The molecular weight excluding hydrogens is 337 g/mol. The number of nitrogens with zero attached hydrogens (tertiary/aromatic N) is 1. The first kappa shape index (κ1) is 13.8. The second kappa shape index (κ2) is 6.04. The van der Waals surface area contributed by atoms with E-state index in [2.05, 4.69) is 42.5 Å². The Kier molecular flexibility index (Phi) is 4.65. The monoisotopic (exact) mass is 357 g/mol. The minimum Gasteiger partial charge on any atom is -0.339 e. The predicted molar refractivity (Wildman–Crippen MR) is 82.8 cm³/mol. The molecule has 0 spiro atoms. The number of halogens is 1. The molecule has 2 rings (SSSR count). The third-order valence-corrected chi connectivity index (χ3v) is 5.33. The van der Waals surface area contributed by atoms with E-state index in [1.807, 2.05) is 17.0 Å². The summed E-state index contributed by atoms with van der Waals surface area (Å²) in [6, 6.07) is 5.98.